The zero-order valence-corrected chi connectivity index (χ0v) is 65.9. The van der Waals surface area contributed by atoms with Crippen LogP contribution in [0.2, 0.25) is 54.4 Å². The summed E-state index contributed by atoms with van der Waals surface area (Å²) in [6.07, 6.45) is 0. The van der Waals surface area contributed by atoms with E-state index in [1.54, 1.807) is 0 Å². The first-order valence-corrected chi connectivity index (χ1v) is 43.5. The van der Waals surface area contributed by atoms with Crippen LogP contribution < -0.4 is 18.7 Å². The molecule has 0 amide bonds. The van der Waals surface area contributed by atoms with Crippen molar-refractivity contribution in [1.29, 1.82) is 0 Å². The third-order valence-electron chi connectivity index (χ3n) is 21.1. The Balaban J connectivity index is 0.000000195. The van der Waals surface area contributed by atoms with Crippen LogP contribution >= 0.6 is 45.2 Å². The molecule has 0 N–H and O–H groups in total. The minimum atomic E-state index is -2.09. The van der Waals surface area contributed by atoms with E-state index in [0.29, 0.717) is 0 Å². The molecule has 5 nitrogen and oxygen atoms in total. The molecule has 1 aliphatic rings. The predicted octanol–water partition coefficient (Wildman–Crippen LogP) is 24.9. The molecule has 0 saturated carbocycles. The van der Waals surface area contributed by atoms with E-state index in [1.165, 1.54) is 105 Å². The van der Waals surface area contributed by atoms with Gasteiger partial charge in [0.1, 0.15) is 17.2 Å². The van der Waals surface area contributed by atoms with Gasteiger partial charge in [0.25, 0.3) is 25.0 Å². The van der Waals surface area contributed by atoms with Crippen molar-refractivity contribution >= 4 is 147 Å². The molecule has 0 aliphatic carbocycles. The number of hydrogen-bond donors (Lipinski definition) is 0. The van der Waals surface area contributed by atoms with Crippen LogP contribution in [0.3, 0.4) is 0 Å². The Labute approximate surface area is 580 Å². The molecule has 11 aromatic rings. The highest BCUT2D eigenvalue weighted by molar-refractivity contribution is 14.1. The third kappa shape index (κ3) is 13.7. The van der Waals surface area contributed by atoms with E-state index in [0.717, 1.165) is 28.1 Å². The molecule has 1 heterocycles. The normalized spacial score (nSPS) is 14.6. The van der Waals surface area contributed by atoms with Gasteiger partial charge in [-0.1, -0.05) is 202 Å². The van der Waals surface area contributed by atoms with Gasteiger partial charge in [-0.2, -0.15) is 0 Å². The minimum Gasteiger partial charge on any atom is -0.543 e. The fraction of sp³-hybridized carbons (Fsp3) is 0.333. The molecule has 92 heavy (non-hydrogen) atoms. The van der Waals surface area contributed by atoms with Crippen LogP contribution in [0.25, 0.3) is 86.9 Å². The Morgan fingerprint density at radius 2 is 0.598 bits per heavy atom. The third-order valence-corrected chi connectivity index (χ3v) is 35.5. The maximum atomic E-state index is 7.14. The van der Waals surface area contributed by atoms with Crippen LogP contribution in [0.4, 0.5) is 0 Å². The number of hydrogen-bond acceptors (Lipinski definition) is 5. The lowest BCUT2D eigenvalue weighted by Gasteiger charge is -2.37. The quantitative estimate of drug-likeness (QED) is 0.0819. The molecular weight excluding hydrogens is 1400 g/mol. The second-order valence-corrected chi connectivity index (χ2v) is 47.7. The monoisotopic (exact) mass is 1500 g/mol. The molecule has 1 saturated heterocycles. The molecule has 1 fully saturated rings. The lowest BCUT2D eigenvalue weighted by molar-refractivity contribution is 0.00578. The van der Waals surface area contributed by atoms with E-state index < -0.39 is 32.1 Å². The smallest absolute Gasteiger partial charge is 0.494 e. The second kappa shape index (κ2) is 25.6. The molecule has 0 radical (unpaired) electrons. The number of fused-ring (bicyclic) bond motifs is 9. The summed E-state index contributed by atoms with van der Waals surface area (Å²) in [5.41, 5.74) is 8.74. The first-order chi connectivity index (χ1) is 42.8. The molecular formula is C81H95BI2O5Si3. The SMILES string of the molecule is Cc1c(O[Si](C)(C)C(C)(C)C)c2cc(B3OC(C)(C)C(C)(C)O3)ccc2c2ccccc12.Cc1c(O[Si](C)(C)C(C)(C)C)c2ccccc2c2ccc(-c3ccc(-c4ccc5c(c4)c(O[Si](C)(C)C(C)(C)C)c(C)c4ccccc45)cc3)cc12.Ic1ccc(I)cc1. The number of rotatable bonds is 9. The zero-order chi connectivity index (χ0) is 67.1. The Hall–Kier alpha value is -5.52. The van der Waals surface area contributed by atoms with E-state index in [9.17, 15) is 0 Å². The maximum Gasteiger partial charge on any atom is 0.494 e. The highest BCUT2D eigenvalue weighted by Crippen LogP contribution is 2.49. The highest BCUT2D eigenvalue weighted by Gasteiger charge is 2.52. The van der Waals surface area contributed by atoms with Gasteiger partial charge in [-0.3, -0.25) is 0 Å². The summed E-state index contributed by atoms with van der Waals surface area (Å²) in [4.78, 5) is 0. The lowest BCUT2D eigenvalue weighted by Crippen LogP contribution is -2.44. The molecule has 0 bridgehead atoms. The number of benzene rings is 11. The van der Waals surface area contributed by atoms with Gasteiger partial charge in [0.2, 0.25) is 0 Å². The van der Waals surface area contributed by atoms with E-state index >= 15 is 0 Å². The van der Waals surface area contributed by atoms with Crippen molar-refractivity contribution < 1.29 is 22.6 Å². The molecule has 12 rings (SSSR count). The van der Waals surface area contributed by atoms with Gasteiger partial charge in [-0.15, -0.1) is 0 Å². The molecule has 1 aliphatic heterocycles. The summed E-state index contributed by atoms with van der Waals surface area (Å²) in [6.45, 7) is 49.7. The van der Waals surface area contributed by atoms with Gasteiger partial charge >= 0.3 is 7.12 Å². The zero-order valence-electron chi connectivity index (χ0n) is 58.6. The van der Waals surface area contributed by atoms with Gasteiger partial charge in [0.05, 0.1) is 11.2 Å². The molecule has 478 valence electrons. The van der Waals surface area contributed by atoms with Crippen LogP contribution in [-0.4, -0.2) is 43.3 Å². The topological polar surface area (TPSA) is 46.2 Å². The molecule has 0 atom stereocenters. The predicted molar refractivity (Wildman–Crippen MR) is 424 cm³/mol. The molecule has 0 spiro atoms. The summed E-state index contributed by atoms with van der Waals surface area (Å²) in [6, 6.07) is 63.9. The Kier molecular flexibility index (Phi) is 19.3. The first-order valence-electron chi connectivity index (χ1n) is 32.6. The summed E-state index contributed by atoms with van der Waals surface area (Å²) in [7, 11) is -6.59. The molecule has 11 heteroatoms. The van der Waals surface area contributed by atoms with Crippen LogP contribution in [0.15, 0.2) is 176 Å². The summed E-state index contributed by atoms with van der Waals surface area (Å²) in [5.74, 6) is 3.08. The Morgan fingerprint density at radius 1 is 0.326 bits per heavy atom. The van der Waals surface area contributed by atoms with Crippen molar-refractivity contribution in [2.75, 3.05) is 0 Å². The Bertz CT molecular complexity index is 4550. The highest BCUT2D eigenvalue weighted by atomic mass is 127. The van der Waals surface area contributed by atoms with E-state index in [4.69, 9.17) is 22.6 Å². The van der Waals surface area contributed by atoms with Gasteiger partial charge in [-0.05, 0) is 277 Å². The van der Waals surface area contributed by atoms with Gasteiger partial charge in [-0.25, -0.2) is 0 Å². The van der Waals surface area contributed by atoms with Crippen LogP contribution in [-0.2, 0) is 9.31 Å². The van der Waals surface area contributed by atoms with Crippen molar-refractivity contribution in [2.24, 2.45) is 0 Å². The minimum absolute atomic E-state index is 0.0958. The molecule has 0 aromatic heterocycles. The summed E-state index contributed by atoms with van der Waals surface area (Å²) in [5, 5.41) is 15.1. The fourth-order valence-electron chi connectivity index (χ4n) is 11.4. The summed E-state index contributed by atoms with van der Waals surface area (Å²) >= 11 is 4.59. The van der Waals surface area contributed by atoms with E-state index in [1.807, 2.05) is 0 Å². The maximum absolute atomic E-state index is 7.14. The Morgan fingerprint density at radius 3 is 0.978 bits per heavy atom. The number of halogens is 2. The molecule has 11 aromatic carbocycles. The average Bonchev–Trinajstić information content (AvgIpc) is 0.833. The van der Waals surface area contributed by atoms with E-state index in [2.05, 4.69) is 371 Å². The number of aryl methyl sites for hydroxylation is 3. The van der Waals surface area contributed by atoms with Gasteiger partial charge in [0.15, 0.2) is 0 Å². The fourth-order valence-corrected chi connectivity index (χ4v) is 15.4. The van der Waals surface area contributed by atoms with Crippen molar-refractivity contribution in [2.45, 2.75) is 176 Å². The van der Waals surface area contributed by atoms with Crippen LogP contribution in [0, 0.1) is 27.9 Å². The van der Waals surface area contributed by atoms with Crippen LogP contribution in [0.1, 0.15) is 107 Å². The second-order valence-electron chi connectivity index (χ2n) is 31.0. The average molecular weight is 1500 g/mol. The van der Waals surface area contributed by atoms with Crippen molar-refractivity contribution in [3.8, 4) is 39.5 Å². The first kappa shape index (κ1) is 69.3. The van der Waals surface area contributed by atoms with Crippen molar-refractivity contribution in [3.63, 3.8) is 0 Å². The summed E-state index contributed by atoms with van der Waals surface area (Å²) < 4.78 is 36.5. The van der Waals surface area contributed by atoms with Crippen LogP contribution in [0.5, 0.6) is 17.2 Å². The van der Waals surface area contributed by atoms with Gasteiger partial charge in [0, 0.05) is 23.3 Å². The van der Waals surface area contributed by atoms with Crippen molar-refractivity contribution in [1.82, 2.24) is 0 Å². The molecule has 0 unspecified atom stereocenters. The standard InChI is InChI=1S/C48H54O2Si2.C27H37BO3Si.C6H4I2/c1-31-37-17-13-14-18-38(37)41-28-26-36(30-44(41)46(31)50-52(11,12)48(6,7)8)34-23-21-33(22-24-34)35-25-27-40-39-19-15-16-20-42(39)45(32(2)43(40)29-35)49-51(9,10)47(3,4)5;1-18-20-13-11-12-14-21(20)22-16-15-19(28-30-26(5,6)27(7,8)31-28)17-23(22)24(18)29-32(9,10)25(2,3)4;7-5-1-2-6(8)4-3-5/h13-30H,1-12H3;11-17H,1-10H3;1-4H. The van der Waals surface area contributed by atoms with E-state index in [-0.39, 0.29) is 26.3 Å². The lowest BCUT2D eigenvalue weighted by atomic mass is 9.77. The van der Waals surface area contributed by atoms with Crippen molar-refractivity contribution in [3.05, 3.63) is 200 Å². The largest absolute Gasteiger partial charge is 0.543 e. The van der Waals surface area contributed by atoms with Gasteiger partial charge < -0.3 is 22.6 Å².